The largest absolute Gasteiger partial charge is 0.385 e. The number of nitro groups is 1. The van der Waals surface area contributed by atoms with Crippen molar-refractivity contribution in [2.45, 2.75) is 12.0 Å². The summed E-state index contributed by atoms with van der Waals surface area (Å²) < 4.78 is 0. The first-order valence-electron chi connectivity index (χ1n) is 6.18. The molecule has 0 aromatic heterocycles. The highest BCUT2D eigenvalue weighted by Gasteiger charge is 2.27. The maximum absolute atomic E-state index is 10.7. The van der Waals surface area contributed by atoms with Gasteiger partial charge in [0, 0.05) is 15.9 Å². The number of nitrogens with zero attached hydrogens (tertiary/aromatic N) is 1. The lowest BCUT2D eigenvalue weighted by Gasteiger charge is -2.21. The molecule has 2 rings (SSSR count). The Kier molecular flexibility index (Phi) is 4.71. The number of rotatable bonds is 5. The lowest BCUT2D eigenvalue weighted by atomic mass is 9.86. The Labute approximate surface area is 121 Å². The molecule has 2 aromatic carbocycles. The smallest absolute Gasteiger partial charge is 0.230 e. The van der Waals surface area contributed by atoms with Crippen molar-refractivity contribution in [3.05, 3.63) is 80.9 Å². The average Bonchev–Trinajstić information content (AvgIpc) is 2.39. The van der Waals surface area contributed by atoms with Crippen molar-refractivity contribution in [3.8, 4) is 0 Å². The lowest BCUT2D eigenvalue weighted by Crippen LogP contribution is -2.27. The summed E-state index contributed by atoms with van der Waals surface area (Å²) in [5, 5.41) is 21.4. The van der Waals surface area contributed by atoms with Gasteiger partial charge in [-0.25, -0.2) is 0 Å². The SMILES string of the molecule is O=[N+]([O-])CC(O)C(c1ccccc1)c1cccc(Cl)c1. The minimum atomic E-state index is -1.11. The number of aliphatic hydroxyl groups is 1. The van der Waals surface area contributed by atoms with Gasteiger partial charge in [-0.15, -0.1) is 0 Å². The minimum absolute atomic E-state index is 0.472. The fraction of sp³-hybridized carbons (Fsp3) is 0.200. The molecular weight excluding hydrogens is 278 g/mol. The second kappa shape index (κ2) is 6.50. The number of hydrogen-bond acceptors (Lipinski definition) is 3. The second-order valence-electron chi connectivity index (χ2n) is 4.53. The Morgan fingerprint density at radius 3 is 2.35 bits per heavy atom. The van der Waals surface area contributed by atoms with Gasteiger partial charge in [0.05, 0.1) is 0 Å². The van der Waals surface area contributed by atoms with E-state index in [0.717, 1.165) is 11.1 Å². The van der Waals surface area contributed by atoms with Crippen LogP contribution in [-0.4, -0.2) is 22.7 Å². The summed E-state index contributed by atoms with van der Waals surface area (Å²) >= 11 is 5.97. The third-order valence-electron chi connectivity index (χ3n) is 3.09. The van der Waals surface area contributed by atoms with Crippen molar-refractivity contribution in [3.63, 3.8) is 0 Å². The topological polar surface area (TPSA) is 63.4 Å². The molecule has 20 heavy (non-hydrogen) atoms. The maximum atomic E-state index is 10.7. The fourth-order valence-corrected chi connectivity index (χ4v) is 2.45. The van der Waals surface area contributed by atoms with Gasteiger partial charge < -0.3 is 5.11 Å². The Hall–Kier alpha value is -1.91. The van der Waals surface area contributed by atoms with Crippen LogP contribution in [0.25, 0.3) is 0 Å². The van der Waals surface area contributed by atoms with Gasteiger partial charge in [-0.2, -0.15) is 0 Å². The normalized spacial score (nSPS) is 13.7. The molecule has 0 bridgehead atoms. The van der Waals surface area contributed by atoms with Crippen molar-refractivity contribution < 1.29 is 10.0 Å². The Balaban J connectivity index is 2.41. The predicted octanol–water partition coefficient (Wildman–Crippen LogP) is 3.11. The average molecular weight is 292 g/mol. The molecule has 0 saturated heterocycles. The van der Waals surface area contributed by atoms with E-state index in [1.807, 2.05) is 36.4 Å². The monoisotopic (exact) mass is 291 g/mol. The van der Waals surface area contributed by atoms with E-state index in [1.165, 1.54) is 0 Å². The quantitative estimate of drug-likeness (QED) is 0.680. The van der Waals surface area contributed by atoms with Crippen LogP contribution in [0.1, 0.15) is 17.0 Å². The Morgan fingerprint density at radius 2 is 1.75 bits per heavy atom. The van der Waals surface area contributed by atoms with Crippen LogP contribution in [0.2, 0.25) is 5.02 Å². The van der Waals surface area contributed by atoms with Crippen LogP contribution in [0.5, 0.6) is 0 Å². The zero-order valence-corrected chi connectivity index (χ0v) is 11.4. The van der Waals surface area contributed by atoms with Gasteiger partial charge in [0.25, 0.3) is 0 Å². The number of hydrogen-bond donors (Lipinski definition) is 1. The second-order valence-corrected chi connectivity index (χ2v) is 4.96. The fourth-order valence-electron chi connectivity index (χ4n) is 2.26. The molecule has 2 atom stereocenters. The van der Waals surface area contributed by atoms with Crippen LogP contribution < -0.4 is 0 Å². The summed E-state index contributed by atoms with van der Waals surface area (Å²) in [5.41, 5.74) is 1.59. The van der Waals surface area contributed by atoms with Crippen LogP contribution in [-0.2, 0) is 0 Å². The molecule has 0 radical (unpaired) electrons. The third-order valence-corrected chi connectivity index (χ3v) is 3.32. The summed E-state index contributed by atoms with van der Waals surface area (Å²) in [6, 6.07) is 16.3. The molecule has 0 spiro atoms. The first kappa shape index (κ1) is 14.5. The van der Waals surface area contributed by atoms with Crippen molar-refractivity contribution in [1.29, 1.82) is 0 Å². The van der Waals surface area contributed by atoms with E-state index in [9.17, 15) is 15.2 Å². The molecule has 0 amide bonds. The van der Waals surface area contributed by atoms with E-state index in [0.29, 0.717) is 5.02 Å². The molecule has 0 aliphatic carbocycles. The molecule has 0 aliphatic heterocycles. The molecule has 4 nitrogen and oxygen atoms in total. The van der Waals surface area contributed by atoms with E-state index in [4.69, 9.17) is 11.6 Å². The van der Waals surface area contributed by atoms with Crippen molar-refractivity contribution >= 4 is 11.6 Å². The van der Waals surface area contributed by atoms with Gasteiger partial charge >= 0.3 is 0 Å². The Bertz CT molecular complexity index is 589. The van der Waals surface area contributed by atoms with Gasteiger partial charge in [-0.05, 0) is 23.3 Å². The highest BCUT2D eigenvalue weighted by atomic mass is 35.5. The van der Waals surface area contributed by atoms with E-state index >= 15 is 0 Å². The molecule has 0 saturated carbocycles. The lowest BCUT2D eigenvalue weighted by molar-refractivity contribution is -0.490. The van der Waals surface area contributed by atoms with E-state index in [1.54, 1.807) is 18.2 Å². The zero-order chi connectivity index (χ0) is 14.5. The number of benzene rings is 2. The third kappa shape index (κ3) is 3.56. The zero-order valence-electron chi connectivity index (χ0n) is 10.6. The highest BCUT2D eigenvalue weighted by molar-refractivity contribution is 6.30. The van der Waals surface area contributed by atoms with Crippen LogP contribution in [0.3, 0.4) is 0 Å². The first-order valence-corrected chi connectivity index (χ1v) is 6.56. The molecule has 2 aromatic rings. The number of aliphatic hydroxyl groups excluding tert-OH is 1. The van der Waals surface area contributed by atoms with Crippen LogP contribution >= 0.6 is 11.6 Å². The van der Waals surface area contributed by atoms with E-state index in [2.05, 4.69) is 0 Å². The van der Waals surface area contributed by atoms with Gasteiger partial charge in [0.2, 0.25) is 6.54 Å². The summed E-state index contributed by atoms with van der Waals surface area (Å²) in [4.78, 5) is 10.2. The maximum Gasteiger partial charge on any atom is 0.230 e. The molecule has 104 valence electrons. The highest BCUT2D eigenvalue weighted by Crippen LogP contribution is 2.29. The van der Waals surface area contributed by atoms with Crippen molar-refractivity contribution in [2.75, 3.05) is 6.54 Å². The molecule has 0 aliphatic rings. The van der Waals surface area contributed by atoms with Crippen molar-refractivity contribution in [1.82, 2.24) is 0 Å². The van der Waals surface area contributed by atoms with E-state index < -0.39 is 23.5 Å². The van der Waals surface area contributed by atoms with Crippen LogP contribution in [0, 0.1) is 10.1 Å². The van der Waals surface area contributed by atoms with Crippen molar-refractivity contribution in [2.24, 2.45) is 0 Å². The predicted molar refractivity (Wildman–Crippen MR) is 77.6 cm³/mol. The molecule has 0 fully saturated rings. The first-order chi connectivity index (χ1) is 9.58. The van der Waals surface area contributed by atoms with E-state index in [-0.39, 0.29) is 0 Å². The van der Waals surface area contributed by atoms with Crippen LogP contribution in [0.4, 0.5) is 0 Å². The summed E-state index contributed by atoms with van der Waals surface area (Å²) in [5.74, 6) is -0.472. The van der Waals surface area contributed by atoms with Gasteiger partial charge in [0.1, 0.15) is 6.10 Å². The molecule has 2 unspecified atom stereocenters. The molecular formula is C15H14ClNO3. The summed E-state index contributed by atoms with van der Waals surface area (Å²) in [6.07, 6.45) is -1.11. The summed E-state index contributed by atoms with van der Waals surface area (Å²) in [7, 11) is 0. The van der Waals surface area contributed by atoms with Gasteiger partial charge in [0.15, 0.2) is 0 Å². The standard InChI is InChI=1S/C15H14ClNO3/c16-13-8-4-7-12(9-13)15(14(18)10-17(19)20)11-5-2-1-3-6-11/h1-9,14-15,18H,10H2. The van der Waals surface area contributed by atoms with Crippen LogP contribution in [0.15, 0.2) is 54.6 Å². The minimum Gasteiger partial charge on any atom is -0.385 e. The molecule has 0 heterocycles. The van der Waals surface area contributed by atoms with Gasteiger partial charge in [-0.1, -0.05) is 54.1 Å². The summed E-state index contributed by atoms with van der Waals surface area (Å²) in [6.45, 7) is -0.508. The number of halogens is 1. The molecule has 1 N–H and O–H groups in total. The Morgan fingerprint density at radius 1 is 1.10 bits per heavy atom. The van der Waals surface area contributed by atoms with Gasteiger partial charge in [-0.3, -0.25) is 10.1 Å². The molecule has 5 heteroatoms.